The van der Waals surface area contributed by atoms with E-state index in [2.05, 4.69) is 18.2 Å². The molecule has 2 aromatic rings. The van der Waals surface area contributed by atoms with Gasteiger partial charge in [-0.3, -0.25) is 0 Å². The fraction of sp³-hybridized carbons (Fsp3) is 0.333. The number of ether oxygens (including phenoxy) is 1. The Morgan fingerprint density at radius 2 is 1.68 bits per heavy atom. The predicted octanol–water partition coefficient (Wildman–Crippen LogP) is 5.21. The molecule has 1 fully saturated rings. The summed E-state index contributed by atoms with van der Waals surface area (Å²) in [6.45, 7) is 0. The Labute approximate surface area is 115 Å². The van der Waals surface area contributed by atoms with Crippen molar-refractivity contribution in [1.29, 1.82) is 0 Å². The van der Waals surface area contributed by atoms with E-state index in [1.54, 1.807) is 0 Å². The second-order valence-electron chi connectivity index (χ2n) is 5.40. The quantitative estimate of drug-likeness (QED) is 0.685. The summed E-state index contributed by atoms with van der Waals surface area (Å²) in [6.07, 6.45) is 6.78. The molecule has 1 saturated carbocycles. The van der Waals surface area contributed by atoms with Gasteiger partial charge in [0, 0.05) is 0 Å². The lowest BCUT2D eigenvalue weighted by molar-refractivity contribution is 0.481. The normalized spacial score (nSPS) is 14.3. The van der Waals surface area contributed by atoms with E-state index in [-0.39, 0.29) is 0 Å². The third-order valence-corrected chi connectivity index (χ3v) is 3.65. The maximum Gasteiger partial charge on any atom is 0.127 e. The first-order chi connectivity index (χ1) is 9.40. The molecule has 1 heteroatoms. The van der Waals surface area contributed by atoms with Gasteiger partial charge in [-0.05, 0) is 48.6 Å². The van der Waals surface area contributed by atoms with Crippen LogP contribution in [-0.4, -0.2) is 0 Å². The lowest BCUT2D eigenvalue weighted by Crippen LogP contribution is -1.89. The van der Waals surface area contributed by atoms with Crippen LogP contribution in [0.3, 0.4) is 0 Å². The Kier molecular flexibility index (Phi) is 3.83. The maximum absolute atomic E-state index is 5.86. The summed E-state index contributed by atoms with van der Waals surface area (Å²) in [6, 6.07) is 18.4. The molecule has 1 nitrogen and oxygen atoms in total. The predicted molar refractivity (Wildman–Crippen MR) is 78.6 cm³/mol. The molecular weight excluding hydrogens is 232 g/mol. The Hall–Kier alpha value is -1.76. The van der Waals surface area contributed by atoms with E-state index in [1.807, 2.05) is 36.4 Å². The van der Waals surface area contributed by atoms with Gasteiger partial charge in [-0.15, -0.1) is 0 Å². The van der Waals surface area contributed by atoms with Crippen molar-refractivity contribution in [1.82, 2.24) is 0 Å². The molecule has 0 unspecified atom stereocenters. The Morgan fingerprint density at radius 1 is 0.895 bits per heavy atom. The maximum atomic E-state index is 5.86. The van der Waals surface area contributed by atoms with Gasteiger partial charge >= 0.3 is 0 Å². The van der Waals surface area contributed by atoms with E-state index in [0.29, 0.717) is 0 Å². The van der Waals surface area contributed by atoms with E-state index in [1.165, 1.54) is 37.7 Å². The van der Waals surface area contributed by atoms with E-state index in [0.717, 1.165) is 17.4 Å². The molecule has 0 heterocycles. The summed E-state index contributed by atoms with van der Waals surface area (Å²) in [4.78, 5) is 0. The highest BCUT2D eigenvalue weighted by molar-refractivity contribution is 5.33. The summed E-state index contributed by atoms with van der Waals surface area (Å²) in [7, 11) is 0. The summed E-state index contributed by atoms with van der Waals surface area (Å²) in [5.74, 6) is 2.87. The van der Waals surface area contributed by atoms with Gasteiger partial charge in [0.25, 0.3) is 0 Å². The number of benzene rings is 2. The first-order valence-electron chi connectivity index (χ1n) is 7.22. The number of para-hydroxylation sites is 1. The molecule has 0 aromatic heterocycles. The zero-order chi connectivity index (χ0) is 12.9. The lowest BCUT2D eigenvalue weighted by atomic mass is 10.1. The van der Waals surface area contributed by atoms with Crippen molar-refractivity contribution in [3.05, 3.63) is 60.2 Å². The van der Waals surface area contributed by atoms with Gasteiger partial charge in [0.2, 0.25) is 0 Å². The highest BCUT2D eigenvalue weighted by atomic mass is 16.5. The van der Waals surface area contributed by atoms with Crippen LogP contribution in [0.5, 0.6) is 11.5 Å². The number of hydrogen-bond donors (Lipinski definition) is 0. The van der Waals surface area contributed by atoms with E-state index >= 15 is 0 Å². The SMILES string of the molecule is c1ccc(Oc2cccc(CCCC3CC3)c2)cc1. The molecule has 0 bridgehead atoms. The van der Waals surface area contributed by atoms with Crippen molar-refractivity contribution in [3.8, 4) is 11.5 Å². The molecule has 0 saturated heterocycles. The van der Waals surface area contributed by atoms with Crippen molar-refractivity contribution < 1.29 is 4.74 Å². The molecule has 2 aromatic carbocycles. The Balaban J connectivity index is 1.58. The van der Waals surface area contributed by atoms with Gasteiger partial charge in [0.05, 0.1) is 0 Å². The van der Waals surface area contributed by atoms with E-state index < -0.39 is 0 Å². The van der Waals surface area contributed by atoms with Crippen LogP contribution >= 0.6 is 0 Å². The third-order valence-electron chi connectivity index (χ3n) is 3.65. The van der Waals surface area contributed by atoms with Crippen molar-refractivity contribution in [2.75, 3.05) is 0 Å². The zero-order valence-corrected chi connectivity index (χ0v) is 11.2. The van der Waals surface area contributed by atoms with Gasteiger partial charge in [-0.25, -0.2) is 0 Å². The first kappa shape index (κ1) is 12.3. The molecule has 3 rings (SSSR count). The largest absolute Gasteiger partial charge is 0.457 e. The average molecular weight is 252 g/mol. The van der Waals surface area contributed by atoms with E-state index in [9.17, 15) is 0 Å². The number of rotatable bonds is 6. The number of hydrogen-bond acceptors (Lipinski definition) is 1. The van der Waals surface area contributed by atoms with Gasteiger partial charge in [0.15, 0.2) is 0 Å². The van der Waals surface area contributed by atoms with Crippen LogP contribution in [0, 0.1) is 5.92 Å². The molecular formula is C18H20O. The van der Waals surface area contributed by atoms with Crippen molar-refractivity contribution in [2.45, 2.75) is 32.1 Å². The molecule has 1 aliphatic carbocycles. The molecule has 98 valence electrons. The van der Waals surface area contributed by atoms with Gasteiger partial charge in [0.1, 0.15) is 11.5 Å². The van der Waals surface area contributed by atoms with Crippen LogP contribution in [0.1, 0.15) is 31.2 Å². The van der Waals surface area contributed by atoms with Crippen LogP contribution in [-0.2, 0) is 6.42 Å². The summed E-state index contributed by atoms with van der Waals surface area (Å²) < 4.78 is 5.86. The molecule has 1 aliphatic rings. The molecule has 0 radical (unpaired) electrons. The minimum atomic E-state index is 0.901. The summed E-state index contributed by atoms with van der Waals surface area (Å²) >= 11 is 0. The van der Waals surface area contributed by atoms with Gasteiger partial charge in [-0.1, -0.05) is 49.6 Å². The van der Waals surface area contributed by atoms with E-state index in [4.69, 9.17) is 4.74 Å². The Morgan fingerprint density at radius 3 is 2.47 bits per heavy atom. The monoisotopic (exact) mass is 252 g/mol. The second-order valence-corrected chi connectivity index (χ2v) is 5.40. The Bertz CT molecular complexity index is 514. The zero-order valence-electron chi connectivity index (χ0n) is 11.2. The van der Waals surface area contributed by atoms with Gasteiger partial charge < -0.3 is 4.74 Å². The van der Waals surface area contributed by atoms with Gasteiger partial charge in [-0.2, -0.15) is 0 Å². The standard InChI is InChI=1S/C18H20O/c1-2-9-17(10-3-1)19-18-11-5-8-16(14-18)7-4-6-15-12-13-15/h1-3,5,8-11,14-15H,4,6-7,12-13H2. The molecule has 0 spiro atoms. The number of aryl methyl sites for hydroxylation is 1. The van der Waals surface area contributed by atoms with Crippen LogP contribution in [0.2, 0.25) is 0 Å². The molecule has 0 atom stereocenters. The molecule has 0 aliphatic heterocycles. The minimum Gasteiger partial charge on any atom is -0.457 e. The molecule has 0 N–H and O–H groups in total. The van der Waals surface area contributed by atoms with Crippen molar-refractivity contribution in [3.63, 3.8) is 0 Å². The molecule has 0 amide bonds. The summed E-state index contributed by atoms with van der Waals surface area (Å²) in [5.41, 5.74) is 1.38. The highest BCUT2D eigenvalue weighted by Gasteiger charge is 2.19. The van der Waals surface area contributed by atoms with Crippen LogP contribution in [0.15, 0.2) is 54.6 Å². The smallest absolute Gasteiger partial charge is 0.127 e. The minimum absolute atomic E-state index is 0.901. The third kappa shape index (κ3) is 3.85. The highest BCUT2D eigenvalue weighted by Crippen LogP contribution is 2.34. The van der Waals surface area contributed by atoms with Crippen LogP contribution in [0.25, 0.3) is 0 Å². The van der Waals surface area contributed by atoms with Crippen molar-refractivity contribution >= 4 is 0 Å². The average Bonchev–Trinajstić information content (AvgIpc) is 3.25. The molecule has 19 heavy (non-hydrogen) atoms. The lowest BCUT2D eigenvalue weighted by Gasteiger charge is -2.07. The fourth-order valence-corrected chi connectivity index (χ4v) is 2.39. The topological polar surface area (TPSA) is 9.23 Å². The summed E-state index contributed by atoms with van der Waals surface area (Å²) in [5, 5.41) is 0. The fourth-order valence-electron chi connectivity index (χ4n) is 2.39. The first-order valence-corrected chi connectivity index (χ1v) is 7.22. The van der Waals surface area contributed by atoms with Crippen molar-refractivity contribution in [2.24, 2.45) is 5.92 Å². The second kappa shape index (κ2) is 5.92. The van der Waals surface area contributed by atoms with Crippen LogP contribution in [0.4, 0.5) is 0 Å². The van der Waals surface area contributed by atoms with Crippen LogP contribution < -0.4 is 4.74 Å².